The van der Waals surface area contributed by atoms with Crippen molar-refractivity contribution in [2.24, 2.45) is 5.73 Å². The molecular formula is C13H19NO2S. The van der Waals surface area contributed by atoms with Crippen molar-refractivity contribution in [3.8, 4) is 0 Å². The van der Waals surface area contributed by atoms with Crippen LogP contribution in [0.1, 0.15) is 30.4 Å². The Bertz CT molecular complexity index is 510. The Morgan fingerprint density at radius 1 is 1.35 bits per heavy atom. The molecule has 1 atom stereocenters. The molecule has 17 heavy (non-hydrogen) atoms. The van der Waals surface area contributed by atoms with E-state index in [0.717, 1.165) is 24.8 Å². The second kappa shape index (κ2) is 4.42. The van der Waals surface area contributed by atoms with Gasteiger partial charge in [0.05, 0.1) is 5.75 Å². The fourth-order valence-electron chi connectivity index (χ4n) is 2.58. The van der Waals surface area contributed by atoms with Gasteiger partial charge in [0.15, 0.2) is 0 Å². The van der Waals surface area contributed by atoms with Gasteiger partial charge in [0.1, 0.15) is 9.84 Å². The van der Waals surface area contributed by atoms with E-state index in [1.54, 1.807) is 0 Å². The molecule has 0 bridgehead atoms. The lowest BCUT2D eigenvalue weighted by molar-refractivity contribution is 0.360. The summed E-state index contributed by atoms with van der Waals surface area (Å²) in [7, 11) is -2.94. The van der Waals surface area contributed by atoms with E-state index in [9.17, 15) is 8.42 Å². The molecule has 3 nitrogen and oxygen atoms in total. The zero-order valence-electron chi connectivity index (χ0n) is 10.1. The van der Waals surface area contributed by atoms with Crippen molar-refractivity contribution in [2.45, 2.75) is 31.2 Å². The maximum absolute atomic E-state index is 11.3. The molecule has 1 aliphatic rings. The minimum Gasteiger partial charge on any atom is -0.321 e. The summed E-state index contributed by atoms with van der Waals surface area (Å²) in [5, 5.41) is 0. The molecular weight excluding hydrogens is 234 g/mol. The van der Waals surface area contributed by atoms with Gasteiger partial charge in [-0.15, -0.1) is 0 Å². The first kappa shape index (κ1) is 12.6. The highest BCUT2D eigenvalue weighted by molar-refractivity contribution is 7.90. The molecule has 0 saturated carbocycles. The lowest BCUT2D eigenvalue weighted by Gasteiger charge is -2.35. The fourth-order valence-corrected chi connectivity index (χ4v) is 3.32. The van der Waals surface area contributed by atoms with Crippen LogP contribution in [0.4, 0.5) is 0 Å². The van der Waals surface area contributed by atoms with Crippen molar-refractivity contribution in [3.63, 3.8) is 0 Å². The summed E-state index contributed by atoms with van der Waals surface area (Å²) in [6.07, 6.45) is 4.75. The summed E-state index contributed by atoms with van der Waals surface area (Å²) in [6.45, 7) is 0. The van der Waals surface area contributed by atoms with E-state index in [4.69, 9.17) is 5.73 Å². The van der Waals surface area contributed by atoms with Gasteiger partial charge in [0.2, 0.25) is 0 Å². The van der Waals surface area contributed by atoms with Gasteiger partial charge in [-0.05, 0) is 36.8 Å². The second-order valence-corrected chi connectivity index (χ2v) is 7.31. The lowest BCUT2D eigenvalue weighted by Crippen LogP contribution is -2.41. The van der Waals surface area contributed by atoms with Crippen LogP contribution in [0, 0.1) is 0 Å². The van der Waals surface area contributed by atoms with Gasteiger partial charge in [-0.1, -0.05) is 24.3 Å². The van der Waals surface area contributed by atoms with Gasteiger partial charge in [-0.2, -0.15) is 0 Å². The largest absolute Gasteiger partial charge is 0.321 e. The first-order valence-electron chi connectivity index (χ1n) is 5.96. The van der Waals surface area contributed by atoms with Crippen LogP contribution in [-0.2, 0) is 21.8 Å². The predicted octanol–water partition coefficient (Wildman–Crippen LogP) is 1.61. The number of nitrogens with two attached hydrogens (primary N) is 1. The number of aryl methyl sites for hydroxylation is 1. The summed E-state index contributed by atoms with van der Waals surface area (Å²) < 4.78 is 22.5. The first-order chi connectivity index (χ1) is 7.91. The Hall–Kier alpha value is -0.870. The third kappa shape index (κ3) is 2.87. The average Bonchev–Trinajstić information content (AvgIpc) is 2.27. The van der Waals surface area contributed by atoms with Crippen LogP contribution in [0.2, 0.25) is 0 Å². The van der Waals surface area contributed by atoms with E-state index in [1.165, 1.54) is 11.8 Å². The molecule has 1 aliphatic carbocycles. The van der Waals surface area contributed by atoms with Crippen molar-refractivity contribution in [1.82, 2.24) is 0 Å². The van der Waals surface area contributed by atoms with E-state index in [2.05, 4.69) is 6.07 Å². The number of benzene rings is 1. The van der Waals surface area contributed by atoms with Crippen LogP contribution in [0.15, 0.2) is 24.3 Å². The van der Waals surface area contributed by atoms with E-state index in [0.29, 0.717) is 6.42 Å². The molecule has 1 aromatic rings. The van der Waals surface area contributed by atoms with Crippen LogP contribution >= 0.6 is 0 Å². The Morgan fingerprint density at radius 3 is 2.76 bits per heavy atom. The molecule has 0 heterocycles. The molecule has 0 aliphatic heterocycles. The normalized spacial score (nSPS) is 24.4. The van der Waals surface area contributed by atoms with Crippen molar-refractivity contribution in [3.05, 3.63) is 35.4 Å². The minimum atomic E-state index is -2.94. The van der Waals surface area contributed by atoms with Crippen molar-refractivity contribution >= 4 is 9.84 Å². The molecule has 2 rings (SSSR count). The van der Waals surface area contributed by atoms with Gasteiger partial charge < -0.3 is 5.73 Å². The summed E-state index contributed by atoms with van der Waals surface area (Å²) in [5.41, 5.74) is 8.36. The number of rotatable bonds is 3. The molecule has 0 saturated heterocycles. The first-order valence-corrected chi connectivity index (χ1v) is 8.02. The smallest absolute Gasteiger partial charge is 0.147 e. The maximum atomic E-state index is 11.3. The van der Waals surface area contributed by atoms with Gasteiger partial charge >= 0.3 is 0 Å². The van der Waals surface area contributed by atoms with Crippen LogP contribution in [0.5, 0.6) is 0 Å². The molecule has 0 aromatic heterocycles. The van der Waals surface area contributed by atoms with E-state index < -0.39 is 15.4 Å². The maximum Gasteiger partial charge on any atom is 0.147 e. The van der Waals surface area contributed by atoms with Crippen molar-refractivity contribution in [1.29, 1.82) is 0 Å². The number of sulfone groups is 1. The summed E-state index contributed by atoms with van der Waals surface area (Å²) in [5.74, 6) is 0.165. The SMILES string of the molecule is CS(=O)(=O)CCC1(N)CCCc2ccccc21. The van der Waals surface area contributed by atoms with E-state index >= 15 is 0 Å². The van der Waals surface area contributed by atoms with E-state index in [-0.39, 0.29) is 5.75 Å². The lowest BCUT2D eigenvalue weighted by atomic mass is 9.76. The zero-order valence-corrected chi connectivity index (χ0v) is 11.0. The Labute approximate surface area is 103 Å². The quantitative estimate of drug-likeness (QED) is 0.890. The fraction of sp³-hybridized carbons (Fsp3) is 0.538. The molecule has 1 unspecified atom stereocenters. The number of hydrogen-bond acceptors (Lipinski definition) is 3. The van der Waals surface area contributed by atoms with Gasteiger partial charge in [-0.3, -0.25) is 0 Å². The number of fused-ring (bicyclic) bond motifs is 1. The van der Waals surface area contributed by atoms with Crippen LogP contribution in [0.3, 0.4) is 0 Å². The number of hydrogen-bond donors (Lipinski definition) is 1. The zero-order chi connectivity index (χ0) is 12.5. The van der Waals surface area contributed by atoms with Gasteiger partial charge in [0, 0.05) is 11.8 Å². The minimum absolute atomic E-state index is 0.165. The molecule has 0 fully saturated rings. The Balaban J connectivity index is 2.27. The summed E-state index contributed by atoms with van der Waals surface area (Å²) in [6, 6.07) is 8.13. The highest BCUT2D eigenvalue weighted by atomic mass is 32.2. The van der Waals surface area contributed by atoms with Crippen LogP contribution < -0.4 is 5.73 Å². The van der Waals surface area contributed by atoms with Gasteiger partial charge in [0.25, 0.3) is 0 Å². The Morgan fingerprint density at radius 2 is 2.06 bits per heavy atom. The van der Waals surface area contributed by atoms with E-state index in [1.807, 2.05) is 18.2 Å². The third-order valence-electron chi connectivity index (χ3n) is 3.54. The Kier molecular flexibility index (Phi) is 3.27. The molecule has 1 aromatic carbocycles. The van der Waals surface area contributed by atoms with Gasteiger partial charge in [-0.25, -0.2) is 8.42 Å². The molecule has 0 spiro atoms. The average molecular weight is 253 g/mol. The summed E-state index contributed by atoms with van der Waals surface area (Å²) in [4.78, 5) is 0. The molecule has 2 N–H and O–H groups in total. The third-order valence-corrected chi connectivity index (χ3v) is 4.49. The molecule has 0 radical (unpaired) electrons. The van der Waals surface area contributed by atoms with Crippen LogP contribution in [-0.4, -0.2) is 20.4 Å². The second-order valence-electron chi connectivity index (χ2n) is 5.05. The standard InChI is InChI=1S/C13H19NO2S/c1-17(15,16)10-9-13(14)8-4-6-11-5-2-3-7-12(11)13/h2-3,5,7H,4,6,8-10,14H2,1H3. The predicted molar refractivity (Wildman–Crippen MR) is 69.6 cm³/mol. The topological polar surface area (TPSA) is 60.2 Å². The molecule has 4 heteroatoms. The highest BCUT2D eigenvalue weighted by Crippen LogP contribution is 2.35. The van der Waals surface area contributed by atoms with Crippen LogP contribution in [0.25, 0.3) is 0 Å². The molecule has 94 valence electrons. The molecule has 0 amide bonds. The monoisotopic (exact) mass is 253 g/mol. The highest BCUT2D eigenvalue weighted by Gasteiger charge is 2.32. The van der Waals surface area contributed by atoms with Crippen molar-refractivity contribution in [2.75, 3.05) is 12.0 Å². The van der Waals surface area contributed by atoms with Crippen molar-refractivity contribution < 1.29 is 8.42 Å². The summed E-state index contributed by atoms with van der Waals surface area (Å²) >= 11 is 0.